The van der Waals surface area contributed by atoms with Gasteiger partial charge in [-0.1, -0.05) is 38.5 Å². The number of benzene rings is 1. The Morgan fingerprint density at radius 2 is 1.56 bits per heavy atom. The van der Waals surface area contributed by atoms with Crippen molar-refractivity contribution < 1.29 is 39.3 Å². The molecule has 1 aromatic heterocycles. The van der Waals surface area contributed by atoms with Gasteiger partial charge in [0.2, 0.25) is 23.6 Å². The third kappa shape index (κ3) is 8.77. The molecule has 214 valence electrons. The van der Waals surface area contributed by atoms with Crippen molar-refractivity contribution in [1.82, 2.24) is 26.3 Å². The van der Waals surface area contributed by atoms with E-state index in [0.717, 1.165) is 16.5 Å². The van der Waals surface area contributed by atoms with Crippen LogP contribution in [0, 0.1) is 5.92 Å². The zero-order chi connectivity index (χ0) is 29.1. The highest BCUT2D eigenvalue weighted by Crippen LogP contribution is 2.19. The Labute approximate surface area is 224 Å². The topological polar surface area (TPSA) is 236 Å². The first kappa shape index (κ1) is 31.2. The Hall–Kier alpha value is -4.01. The highest BCUT2D eigenvalue weighted by Gasteiger charge is 2.29. The molecule has 14 heteroatoms. The maximum Gasteiger partial charge on any atom is 0.328 e. The summed E-state index contributed by atoms with van der Waals surface area (Å²) in [4.78, 5) is 64.5. The molecule has 0 aliphatic carbocycles. The number of aromatic amines is 1. The van der Waals surface area contributed by atoms with E-state index in [-0.39, 0.29) is 12.3 Å². The largest absolute Gasteiger partial charge is 0.480 e. The van der Waals surface area contributed by atoms with Crippen LogP contribution >= 0.6 is 0 Å². The molecular formula is C25H36N6O8. The number of aromatic nitrogens is 1. The Kier molecular flexibility index (Phi) is 11.8. The number of hydrogen-bond acceptors (Lipinski definition) is 8. The number of H-pyrrole nitrogens is 1. The van der Waals surface area contributed by atoms with Crippen LogP contribution in [0.4, 0.5) is 0 Å². The van der Waals surface area contributed by atoms with Gasteiger partial charge in [-0.05, 0) is 17.5 Å². The lowest BCUT2D eigenvalue weighted by Crippen LogP contribution is -2.57. The predicted molar refractivity (Wildman–Crippen MR) is 140 cm³/mol. The van der Waals surface area contributed by atoms with Crippen LogP contribution in [0.15, 0.2) is 30.5 Å². The zero-order valence-electron chi connectivity index (χ0n) is 21.8. The zero-order valence-corrected chi connectivity index (χ0v) is 21.8. The molecule has 2 aromatic rings. The van der Waals surface area contributed by atoms with Crippen LogP contribution in [-0.4, -0.2) is 93.8 Å². The molecule has 0 fully saturated rings. The Balaban J connectivity index is 2.09. The van der Waals surface area contributed by atoms with Crippen molar-refractivity contribution in [3.63, 3.8) is 0 Å². The van der Waals surface area contributed by atoms with Crippen molar-refractivity contribution in [2.75, 3.05) is 19.8 Å². The normalized spacial score (nSPS) is 14.9. The predicted octanol–water partition coefficient (Wildman–Crippen LogP) is -2.28. The lowest BCUT2D eigenvalue weighted by Gasteiger charge is -2.23. The van der Waals surface area contributed by atoms with E-state index in [0.29, 0.717) is 6.42 Å². The minimum atomic E-state index is -1.63. The number of hydrogen-bond donors (Lipinski definition) is 9. The van der Waals surface area contributed by atoms with E-state index in [4.69, 9.17) is 15.9 Å². The number of aliphatic hydroxyl groups is 2. The molecule has 39 heavy (non-hydrogen) atoms. The van der Waals surface area contributed by atoms with Gasteiger partial charge in [-0.2, -0.15) is 0 Å². The number of para-hydroxylation sites is 1. The van der Waals surface area contributed by atoms with E-state index in [2.05, 4.69) is 20.9 Å². The van der Waals surface area contributed by atoms with Gasteiger partial charge in [0.15, 0.2) is 0 Å². The summed E-state index contributed by atoms with van der Waals surface area (Å²) < 4.78 is 0. The first-order valence-corrected chi connectivity index (χ1v) is 12.4. The number of aliphatic carboxylic acids is 1. The first-order chi connectivity index (χ1) is 18.5. The second-order valence-corrected chi connectivity index (χ2v) is 9.14. The van der Waals surface area contributed by atoms with E-state index in [1.54, 1.807) is 6.20 Å². The van der Waals surface area contributed by atoms with Gasteiger partial charge in [0.1, 0.15) is 18.1 Å². The molecule has 0 unspecified atom stereocenters. The minimum absolute atomic E-state index is 0.0931. The number of fused-ring (bicyclic) bond motifs is 1. The molecule has 0 saturated carbocycles. The van der Waals surface area contributed by atoms with Gasteiger partial charge in [0.05, 0.1) is 25.8 Å². The van der Waals surface area contributed by atoms with Gasteiger partial charge >= 0.3 is 5.97 Å². The summed E-state index contributed by atoms with van der Waals surface area (Å²) >= 11 is 0. The summed E-state index contributed by atoms with van der Waals surface area (Å²) in [6.45, 7) is 1.33. The van der Waals surface area contributed by atoms with Crippen LogP contribution in [-0.2, 0) is 30.4 Å². The molecule has 4 amide bonds. The van der Waals surface area contributed by atoms with Crippen LogP contribution in [0.5, 0.6) is 0 Å². The van der Waals surface area contributed by atoms with Crippen LogP contribution in [0.2, 0.25) is 0 Å². The summed E-state index contributed by atoms with van der Waals surface area (Å²) in [5.41, 5.74) is 7.63. The van der Waals surface area contributed by atoms with E-state index in [1.165, 1.54) is 0 Å². The number of rotatable bonds is 15. The molecule has 14 nitrogen and oxygen atoms in total. The first-order valence-electron chi connectivity index (χ1n) is 12.4. The maximum absolute atomic E-state index is 13.1. The van der Waals surface area contributed by atoms with Crippen molar-refractivity contribution in [3.8, 4) is 0 Å². The Morgan fingerprint density at radius 1 is 0.923 bits per heavy atom. The second kappa shape index (κ2) is 14.8. The number of nitrogens with one attached hydrogen (secondary N) is 5. The van der Waals surface area contributed by atoms with Crippen LogP contribution in [0.25, 0.3) is 10.9 Å². The molecule has 10 N–H and O–H groups in total. The third-order valence-corrected chi connectivity index (χ3v) is 6.35. The number of nitrogens with two attached hydrogens (primary N) is 1. The van der Waals surface area contributed by atoms with Crippen molar-refractivity contribution >= 4 is 40.5 Å². The molecule has 0 aliphatic heterocycles. The molecule has 2 rings (SSSR count). The minimum Gasteiger partial charge on any atom is -0.480 e. The second-order valence-electron chi connectivity index (χ2n) is 9.14. The SMILES string of the molecule is CC[C@H](C)[C@H](N)C(=O)N[C@@H](Cc1c[nH]c2ccccc12)C(=O)NCC(=O)N[C@@H](CO)C(=O)N[C@@H](CO)C(=O)O. The monoisotopic (exact) mass is 548 g/mol. The third-order valence-electron chi connectivity index (χ3n) is 6.35. The van der Waals surface area contributed by atoms with Crippen LogP contribution in [0.3, 0.4) is 0 Å². The van der Waals surface area contributed by atoms with Crippen LogP contribution < -0.4 is 27.0 Å². The molecule has 5 atom stereocenters. The van der Waals surface area contributed by atoms with Crippen LogP contribution in [0.1, 0.15) is 25.8 Å². The maximum atomic E-state index is 13.1. The highest BCUT2D eigenvalue weighted by atomic mass is 16.4. The van der Waals surface area contributed by atoms with Crippen molar-refractivity contribution in [3.05, 3.63) is 36.0 Å². The number of carbonyl (C=O) groups is 5. The molecule has 0 bridgehead atoms. The Morgan fingerprint density at radius 3 is 2.18 bits per heavy atom. The summed E-state index contributed by atoms with van der Waals surface area (Å²) in [7, 11) is 0. The molecule has 0 radical (unpaired) electrons. The molecule has 0 spiro atoms. The van der Waals surface area contributed by atoms with E-state index in [1.807, 2.05) is 43.4 Å². The summed E-state index contributed by atoms with van der Waals surface area (Å²) in [6.07, 6.45) is 2.47. The number of carboxylic acid groups (broad SMARTS) is 1. The molecule has 1 heterocycles. The standard InChI is InChI=1S/C25H36N6O8/c1-3-13(2)21(26)24(37)30-17(8-14-9-27-16-7-5-4-6-15(14)16)22(35)28-10-20(34)29-18(11-32)23(36)31-19(12-33)25(38)39/h4-7,9,13,17-19,21,27,32-33H,3,8,10-12,26H2,1-2H3,(H,28,35)(H,29,34)(H,30,37)(H,31,36)(H,38,39)/t13-,17-,18-,19-,21-/m0/s1. The van der Waals surface area contributed by atoms with Crippen molar-refractivity contribution in [1.29, 1.82) is 0 Å². The van der Waals surface area contributed by atoms with Gasteiger partial charge in [-0.3, -0.25) is 19.2 Å². The van der Waals surface area contributed by atoms with E-state index >= 15 is 0 Å². The van der Waals surface area contributed by atoms with Gasteiger partial charge in [-0.15, -0.1) is 0 Å². The highest BCUT2D eigenvalue weighted by molar-refractivity contribution is 5.94. The fraction of sp³-hybridized carbons (Fsp3) is 0.480. The quantitative estimate of drug-likeness (QED) is 0.116. The van der Waals surface area contributed by atoms with E-state index < -0.39 is 73.5 Å². The lowest BCUT2D eigenvalue weighted by atomic mass is 9.98. The number of aliphatic hydroxyl groups excluding tert-OH is 2. The fourth-order valence-electron chi connectivity index (χ4n) is 3.70. The van der Waals surface area contributed by atoms with Gasteiger partial charge < -0.3 is 47.3 Å². The summed E-state index contributed by atoms with van der Waals surface area (Å²) in [5, 5.41) is 37.5. The summed E-state index contributed by atoms with van der Waals surface area (Å²) in [6, 6.07) is 2.32. The van der Waals surface area contributed by atoms with Gasteiger partial charge in [0.25, 0.3) is 0 Å². The molecule has 1 aromatic carbocycles. The molecule has 0 aliphatic rings. The average molecular weight is 549 g/mol. The number of amides is 4. The average Bonchev–Trinajstić information content (AvgIpc) is 3.34. The smallest absolute Gasteiger partial charge is 0.328 e. The molecule has 0 saturated heterocycles. The lowest BCUT2D eigenvalue weighted by molar-refractivity contribution is -0.143. The Bertz CT molecular complexity index is 1170. The van der Waals surface area contributed by atoms with Gasteiger partial charge in [0, 0.05) is 23.5 Å². The van der Waals surface area contributed by atoms with Crippen molar-refractivity contribution in [2.45, 2.75) is 50.9 Å². The fourth-order valence-corrected chi connectivity index (χ4v) is 3.70. The van der Waals surface area contributed by atoms with E-state index in [9.17, 15) is 29.1 Å². The summed E-state index contributed by atoms with van der Waals surface area (Å²) in [5.74, 6) is -4.75. The number of carbonyl (C=O) groups excluding carboxylic acids is 4. The van der Waals surface area contributed by atoms with Gasteiger partial charge in [-0.25, -0.2) is 4.79 Å². The number of carboxylic acids is 1. The molecular weight excluding hydrogens is 512 g/mol. The van der Waals surface area contributed by atoms with Crippen molar-refractivity contribution in [2.24, 2.45) is 11.7 Å².